The van der Waals surface area contributed by atoms with E-state index in [1.807, 2.05) is 30.3 Å². The van der Waals surface area contributed by atoms with E-state index in [1.165, 1.54) is 48.0 Å². The number of carbonyl (C=O) groups is 2. The first-order valence-corrected chi connectivity index (χ1v) is 14.3. The predicted molar refractivity (Wildman–Crippen MR) is 158 cm³/mol. The van der Waals surface area contributed by atoms with Crippen molar-refractivity contribution in [3.63, 3.8) is 0 Å². The maximum absolute atomic E-state index is 13.3. The third kappa shape index (κ3) is 5.99. The first-order chi connectivity index (χ1) is 20.1. The summed E-state index contributed by atoms with van der Waals surface area (Å²) >= 11 is 5.67. The largest absolute Gasteiger partial charge is 0.451 e. The van der Waals surface area contributed by atoms with Gasteiger partial charge in [-0.25, -0.2) is 13.2 Å². The summed E-state index contributed by atoms with van der Waals surface area (Å²) < 4.78 is 34.0. The molecule has 0 aliphatic heterocycles. The number of nitrogens with one attached hydrogen (secondary N) is 2. The summed E-state index contributed by atoms with van der Waals surface area (Å²) in [6, 6.07) is 24.1. The Morgan fingerprint density at radius 1 is 0.881 bits per heavy atom. The number of anilines is 2. The van der Waals surface area contributed by atoms with Crippen molar-refractivity contribution in [2.75, 3.05) is 16.6 Å². The van der Waals surface area contributed by atoms with Crippen molar-refractivity contribution >= 4 is 55.8 Å². The van der Waals surface area contributed by atoms with Crippen LogP contribution < -0.4 is 15.6 Å². The predicted octanol–water partition coefficient (Wildman–Crippen LogP) is 4.25. The number of halogens is 1. The maximum atomic E-state index is 13.3. The minimum absolute atomic E-state index is 0.00476. The lowest BCUT2D eigenvalue weighted by molar-refractivity contribution is -0.119. The average Bonchev–Trinajstić information content (AvgIpc) is 2.99. The van der Waals surface area contributed by atoms with Crippen molar-refractivity contribution in [2.45, 2.75) is 4.90 Å². The highest BCUT2D eigenvalue weighted by Gasteiger charge is 2.23. The second-order valence-electron chi connectivity index (χ2n) is 8.99. The van der Waals surface area contributed by atoms with E-state index in [0.29, 0.717) is 21.9 Å². The van der Waals surface area contributed by atoms with E-state index in [-0.39, 0.29) is 32.8 Å². The Bertz CT molecular complexity index is 1960. The minimum atomic E-state index is -3.98. The Labute approximate surface area is 244 Å². The molecule has 0 radical (unpaired) electrons. The standard InChI is InChI=1S/C29H22ClN5O6S/c1-35-27(26(18-7-3-2-4-8-18)21-9-5-6-10-22(21)28(35)37)29(38)41-17-25(36)31-19-11-13-20(14-12-19)42(39,40)34-24-16-15-23(30)32-33-24/h2-16H,17H2,1H3,(H,31,36)(H,33,34). The molecule has 0 aliphatic rings. The molecule has 2 heterocycles. The molecule has 0 bridgehead atoms. The zero-order valence-corrected chi connectivity index (χ0v) is 23.5. The number of pyridine rings is 1. The van der Waals surface area contributed by atoms with Crippen LogP contribution in [-0.4, -0.2) is 41.7 Å². The molecule has 1 amide bonds. The average molecular weight is 604 g/mol. The summed E-state index contributed by atoms with van der Waals surface area (Å²) in [5.74, 6) is -1.54. The van der Waals surface area contributed by atoms with E-state index in [4.69, 9.17) is 16.3 Å². The summed E-state index contributed by atoms with van der Waals surface area (Å²) in [7, 11) is -2.51. The van der Waals surface area contributed by atoms with Crippen molar-refractivity contribution in [1.29, 1.82) is 0 Å². The summed E-state index contributed by atoms with van der Waals surface area (Å²) in [6.07, 6.45) is 0. The molecule has 0 aliphatic carbocycles. The van der Waals surface area contributed by atoms with Crippen LogP contribution in [0.3, 0.4) is 0 Å². The van der Waals surface area contributed by atoms with Crippen LogP contribution in [-0.2, 0) is 26.6 Å². The van der Waals surface area contributed by atoms with Crippen LogP contribution in [0.25, 0.3) is 21.9 Å². The van der Waals surface area contributed by atoms with Crippen molar-refractivity contribution in [3.8, 4) is 11.1 Å². The highest BCUT2D eigenvalue weighted by atomic mass is 35.5. The Balaban J connectivity index is 1.30. The van der Waals surface area contributed by atoms with E-state index in [1.54, 1.807) is 24.3 Å². The highest BCUT2D eigenvalue weighted by Crippen LogP contribution is 2.31. The second kappa shape index (κ2) is 11.8. The molecule has 0 saturated carbocycles. The van der Waals surface area contributed by atoms with Crippen molar-refractivity contribution in [1.82, 2.24) is 14.8 Å². The Morgan fingerprint density at radius 3 is 2.21 bits per heavy atom. The van der Waals surface area contributed by atoms with Crippen molar-refractivity contribution < 1.29 is 22.7 Å². The van der Waals surface area contributed by atoms with Crippen LogP contribution in [0.4, 0.5) is 11.5 Å². The van der Waals surface area contributed by atoms with Gasteiger partial charge in [0.1, 0.15) is 5.69 Å². The summed E-state index contributed by atoms with van der Waals surface area (Å²) in [5, 5.41) is 10.9. The quantitative estimate of drug-likeness (QED) is 0.250. The maximum Gasteiger partial charge on any atom is 0.356 e. The van der Waals surface area contributed by atoms with E-state index in [9.17, 15) is 22.8 Å². The summed E-state index contributed by atoms with van der Waals surface area (Å²) in [6.45, 7) is -0.648. The first-order valence-electron chi connectivity index (χ1n) is 12.4. The fourth-order valence-corrected chi connectivity index (χ4v) is 5.38. The van der Waals surface area contributed by atoms with Gasteiger partial charge in [-0.1, -0.05) is 60.1 Å². The molecular formula is C29H22ClN5O6S. The topological polar surface area (TPSA) is 149 Å². The molecule has 2 N–H and O–H groups in total. The lowest BCUT2D eigenvalue weighted by Crippen LogP contribution is -2.28. The van der Waals surface area contributed by atoms with Gasteiger partial charge in [-0.2, -0.15) is 0 Å². The summed E-state index contributed by atoms with van der Waals surface area (Å²) in [5.41, 5.74) is 1.10. The van der Waals surface area contributed by atoms with Crippen molar-refractivity contribution in [2.24, 2.45) is 7.05 Å². The van der Waals surface area contributed by atoms with Gasteiger partial charge in [0.05, 0.1) is 4.90 Å². The number of fused-ring (bicyclic) bond motifs is 1. The molecule has 0 fully saturated rings. The molecule has 5 rings (SSSR count). The van der Waals surface area contributed by atoms with Crippen LogP contribution in [0.2, 0.25) is 5.15 Å². The van der Waals surface area contributed by atoms with Crippen LogP contribution in [0, 0.1) is 0 Å². The first kappa shape index (κ1) is 28.5. The molecular weight excluding hydrogens is 582 g/mol. The van der Waals surface area contributed by atoms with Gasteiger partial charge in [-0.05, 0) is 53.4 Å². The normalized spacial score (nSPS) is 11.2. The molecule has 2 aromatic heterocycles. The fourth-order valence-electron chi connectivity index (χ4n) is 4.28. The Kier molecular flexibility index (Phi) is 8.00. The van der Waals surface area contributed by atoms with Gasteiger partial charge in [-0.3, -0.25) is 14.3 Å². The smallest absolute Gasteiger partial charge is 0.356 e. The number of ether oxygens (including phenoxy) is 1. The molecule has 212 valence electrons. The molecule has 0 saturated heterocycles. The van der Waals surface area contributed by atoms with Gasteiger partial charge in [-0.15, -0.1) is 10.2 Å². The van der Waals surface area contributed by atoms with Crippen LogP contribution in [0.1, 0.15) is 10.5 Å². The van der Waals surface area contributed by atoms with E-state index in [2.05, 4.69) is 20.2 Å². The van der Waals surface area contributed by atoms with Gasteiger partial charge in [0.15, 0.2) is 17.6 Å². The van der Waals surface area contributed by atoms with Crippen LogP contribution in [0.15, 0.2) is 101 Å². The van der Waals surface area contributed by atoms with Gasteiger partial charge >= 0.3 is 5.97 Å². The fraction of sp³-hybridized carbons (Fsp3) is 0.0690. The molecule has 0 atom stereocenters. The molecule has 0 unspecified atom stereocenters. The van der Waals surface area contributed by atoms with E-state index >= 15 is 0 Å². The molecule has 42 heavy (non-hydrogen) atoms. The zero-order valence-electron chi connectivity index (χ0n) is 21.9. The Hall–Kier alpha value is -5.07. The second-order valence-corrected chi connectivity index (χ2v) is 11.1. The molecule has 3 aromatic carbocycles. The van der Waals surface area contributed by atoms with Crippen molar-refractivity contribution in [3.05, 3.63) is 112 Å². The number of benzene rings is 3. The number of rotatable bonds is 8. The lowest BCUT2D eigenvalue weighted by Gasteiger charge is -2.16. The van der Waals surface area contributed by atoms with E-state index in [0.717, 1.165) is 0 Å². The third-order valence-electron chi connectivity index (χ3n) is 6.21. The number of sulfonamides is 1. The number of hydrogen-bond donors (Lipinski definition) is 2. The van der Waals surface area contributed by atoms with Crippen LogP contribution in [0.5, 0.6) is 0 Å². The minimum Gasteiger partial charge on any atom is -0.451 e. The van der Waals surface area contributed by atoms with E-state index < -0.39 is 28.5 Å². The zero-order chi connectivity index (χ0) is 29.9. The van der Waals surface area contributed by atoms with Gasteiger partial charge < -0.3 is 14.6 Å². The number of amides is 1. The van der Waals surface area contributed by atoms with Gasteiger partial charge in [0.25, 0.3) is 21.5 Å². The number of aromatic nitrogens is 3. The number of esters is 1. The lowest BCUT2D eigenvalue weighted by atomic mass is 9.97. The molecule has 11 nitrogen and oxygen atoms in total. The molecule has 0 spiro atoms. The van der Waals surface area contributed by atoms with Crippen LogP contribution >= 0.6 is 11.6 Å². The number of nitrogens with zero attached hydrogens (tertiary/aromatic N) is 3. The third-order valence-corrected chi connectivity index (χ3v) is 7.79. The molecule has 5 aromatic rings. The number of carbonyl (C=O) groups excluding carboxylic acids is 2. The van der Waals surface area contributed by atoms with Gasteiger partial charge in [0.2, 0.25) is 0 Å². The SMILES string of the molecule is Cn1c(C(=O)OCC(=O)Nc2ccc(S(=O)(=O)Nc3ccc(Cl)nn3)cc2)c(-c2ccccc2)c2ccccc2c1=O. The summed E-state index contributed by atoms with van der Waals surface area (Å²) in [4.78, 5) is 38.8. The highest BCUT2D eigenvalue weighted by molar-refractivity contribution is 7.92. The van der Waals surface area contributed by atoms with Gasteiger partial charge in [0, 0.05) is 23.7 Å². The Morgan fingerprint density at radius 2 is 1.55 bits per heavy atom. The monoisotopic (exact) mass is 603 g/mol. The number of hydrogen-bond acceptors (Lipinski definition) is 8. The molecule has 13 heteroatoms.